The van der Waals surface area contributed by atoms with E-state index in [1.165, 1.54) is 6.08 Å². The van der Waals surface area contributed by atoms with Gasteiger partial charge in [-0.2, -0.15) is 0 Å². The summed E-state index contributed by atoms with van der Waals surface area (Å²) >= 11 is 0. The Morgan fingerprint density at radius 3 is 2.50 bits per heavy atom. The molecule has 0 aromatic carbocycles. The van der Waals surface area contributed by atoms with Crippen LogP contribution in [0.15, 0.2) is 12.7 Å². The van der Waals surface area contributed by atoms with Gasteiger partial charge in [0.25, 0.3) is 0 Å². The van der Waals surface area contributed by atoms with Gasteiger partial charge < -0.3 is 10.0 Å². The number of hydrogen-bond donors (Lipinski definition) is 1. The summed E-state index contributed by atoms with van der Waals surface area (Å²) < 4.78 is 0. The molecule has 0 aliphatic carbocycles. The second kappa shape index (κ2) is 5.68. The zero-order valence-electron chi connectivity index (χ0n) is 9.69. The van der Waals surface area contributed by atoms with Crippen LogP contribution in [0.4, 0.5) is 0 Å². The molecule has 0 aromatic rings. The van der Waals surface area contributed by atoms with Gasteiger partial charge in [-0.3, -0.25) is 9.59 Å². The van der Waals surface area contributed by atoms with Gasteiger partial charge in [0.15, 0.2) is 0 Å². The standard InChI is InChI=1S/C12H19NO3/c1-3-11(14)13-6-4-10(5-7-13)9(2)8-12(15)16/h3,9-10H,1,4-8H2,2H3,(H,15,16). The fourth-order valence-electron chi connectivity index (χ4n) is 2.26. The topological polar surface area (TPSA) is 57.6 Å². The van der Waals surface area contributed by atoms with Gasteiger partial charge in [-0.05, 0) is 30.8 Å². The monoisotopic (exact) mass is 225 g/mol. The smallest absolute Gasteiger partial charge is 0.303 e. The first-order chi connectivity index (χ1) is 7.54. The molecule has 1 atom stereocenters. The maximum absolute atomic E-state index is 11.3. The van der Waals surface area contributed by atoms with E-state index in [0.717, 1.165) is 25.9 Å². The molecule has 1 fully saturated rings. The van der Waals surface area contributed by atoms with Crippen LogP contribution < -0.4 is 0 Å². The van der Waals surface area contributed by atoms with E-state index < -0.39 is 5.97 Å². The molecule has 0 spiro atoms. The predicted molar refractivity (Wildman–Crippen MR) is 60.9 cm³/mol. The SMILES string of the molecule is C=CC(=O)N1CCC(C(C)CC(=O)O)CC1. The van der Waals surface area contributed by atoms with Crippen LogP contribution in [-0.4, -0.2) is 35.0 Å². The summed E-state index contributed by atoms with van der Waals surface area (Å²) in [5, 5.41) is 8.72. The Labute approximate surface area is 95.9 Å². The van der Waals surface area contributed by atoms with E-state index in [1.807, 2.05) is 6.92 Å². The maximum atomic E-state index is 11.3. The number of piperidine rings is 1. The van der Waals surface area contributed by atoms with Crippen molar-refractivity contribution in [1.82, 2.24) is 4.90 Å². The van der Waals surface area contributed by atoms with Gasteiger partial charge in [0, 0.05) is 19.5 Å². The number of carbonyl (C=O) groups is 2. The fourth-order valence-corrected chi connectivity index (χ4v) is 2.26. The van der Waals surface area contributed by atoms with Crippen molar-refractivity contribution in [2.75, 3.05) is 13.1 Å². The third-order valence-electron chi connectivity index (χ3n) is 3.33. The Kier molecular flexibility index (Phi) is 4.52. The molecule has 0 saturated carbocycles. The molecule has 1 heterocycles. The largest absolute Gasteiger partial charge is 0.481 e. The average molecular weight is 225 g/mol. The predicted octanol–water partition coefficient (Wildman–Crippen LogP) is 1.52. The average Bonchev–Trinajstić information content (AvgIpc) is 2.27. The number of carboxylic acids is 1. The minimum atomic E-state index is -0.739. The van der Waals surface area contributed by atoms with Crippen LogP contribution >= 0.6 is 0 Å². The van der Waals surface area contributed by atoms with E-state index in [2.05, 4.69) is 6.58 Å². The number of aliphatic carboxylic acids is 1. The lowest BCUT2D eigenvalue weighted by atomic mass is 9.83. The molecule has 4 nitrogen and oxygen atoms in total. The van der Waals surface area contributed by atoms with Crippen LogP contribution in [0.1, 0.15) is 26.2 Å². The summed E-state index contributed by atoms with van der Waals surface area (Å²) in [6, 6.07) is 0. The molecule has 0 aromatic heterocycles. The fraction of sp³-hybridized carbons (Fsp3) is 0.667. The first-order valence-corrected chi connectivity index (χ1v) is 5.67. The van der Waals surface area contributed by atoms with Gasteiger partial charge in [-0.15, -0.1) is 0 Å². The first kappa shape index (κ1) is 12.7. The molecule has 1 saturated heterocycles. The van der Waals surface area contributed by atoms with Crippen LogP contribution in [0.5, 0.6) is 0 Å². The van der Waals surface area contributed by atoms with E-state index in [4.69, 9.17) is 5.11 Å². The summed E-state index contributed by atoms with van der Waals surface area (Å²) in [5.74, 6) is -0.148. The molecule has 1 aliphatic heterocycles. The Balaban J connectivity index is 2.39. The van der Waals surface area contributed by atoms with Crippen molar-refractivity contribution >= 4 is 11.9 Å². The minimum absolute atomic E-state index is 0.0238. The quantitative estimate of drug-likeness (QED) is 0.738. The number of carbonyl (C=O) groups excluding carboxylic acids is 1. The van der Waals surface area contributed by atoms with Gasteiger partial charge in [0.05, 0.1) is 0 Å². The van der Waals surface area contributed by atoms with Gasteiger partial charge in [0.1, 0.15) is 0 Å². The van der Waals surface area contributed by atoms with Gasteiger partial charge in [-0.25, -0.2) is 0 Å². The molecule has 1 unspecified atom stereocenters. The highest BCUT2D eigenvalue weighted by molar-refractivity contribution is 5.87. The van der Waals surface area contributed by atoms with Crippen LogP contribution in [-0.2, 0) is 9.59 Å². The summed E-state index contributed by atoms with van der Waals surface area (Å²) in [7, 11) is 0. The highest BCUT2D eigenvalue weighted by Crippen LogP contribution is 2.27. The molecule has 1 amide bonds. The molecule has 1 rings (SSSR count). The highest BCUT2D eigenvalue weighted by atomic mass is 16.4. The van der Waals surface area contributed by atoms with E-state index in [9.17, 15) is 9.59 Å². The van der Waals surface area contributed by atoms with E-state index >= 15 is 0 Å². The second-order valence-corrected chi connectivity index (χ2v) is 4.44. The first-order valence-electron chi connectivity index (χ1n) is 5.67. The number of hydrogen-bond acceptors (Lipinski definition) is 2. The van der Waals surface area contributed by atoms with E-state index in [0.29, 0.717) is 5.92 Å². The van der Waals surface area contributed by atoms with Gasteiger partial charge in [0.2, 0.25) is 5.91 Å². The molecular weight excluding hydrogens is 206 g/mol. The Bertz CT molecular complexity index is 280. The number of nitrogens with zero attached hydrogens (tertiary/aromatic N) is 1. The van der Waals surface area contributed by atoms with Crippen molar-refractivity contribution in [2.24, 2.45) is 11.8 Å². The normalized spacial score (nSPS) is 19.2. The summed E-state index contributed by atoms with van der Waals surface area (Å²) in [6.45, 7) is 6.88. The van der Waals surface area contributed by atoms with Crippen molar-refractivity contribution in [3.05, 3.63) is 12.7 Å². The molecule has 0 radical (unpaired) electrons. The number of amides is 1. The molecular formula is C12H19NO3. The van der Waals surface area contributed by atoms with Crippen LogP contribution in [0.2, 0.25) is 0 Å². The van der Waals surface area contributed by atoms with E-state index in [-0.39, 0.29) is 18.2 Å². The van der Waals surface area contributed by atoms with E-state index in [1.54, 1.807) is 4.90 Å². The maximum Gasteiger partial charge on any atom is 0.303 e. The molecule has 4 heteroatoms. The zero-order chi connectivity index (χ0) is 12.1. The van der Waals surface area contributed by atoms with Crippen molar-refractivity contribution in [3.63, 3.8) is 0 Å². The lowest BCUT2D eigenvalue weighted by Crippen LogP contribution is -2.39. The molecule has 1 aliphatic rings. The number of carboxylic acid groups (broad SMARTS) is 1. The summed E-state index contributed by atoms with van der Waals surface area (Å²) in [4.78, 5) is 23.7. The second-order valence-electron chi connectivity index (χ2n) is 4.44. The van der Waals surface area contributed by atoms with Crippen molar-refractivity contribution in [1.29, 1.82) is 0 Å². The Hall–Kier alpha value is -1.32. The Morgan fingerprint density at radius 2 is 2.06 bits per heavy atom. The van der Waals surface area contributed by atoms with Gasteiger partial charge >= 0.3 is 5.97 Å². The van der Waals surface area contributed by atoms with Crippen molar-refractivity contribution < 1.29 is 14.7 Å². The summed E-state index contributed by atoms with van der Waals surface area (Å²) in [6.07, 6.45) is 3.35. The number of rotatable bonds is 4. The molecule has 1 N–H and O–H groups in total. The third kappa shape index (κ3) is 3.36. The van der Waals surface area contributed by atoms with Crippen molar-refractivity contribution in [2.45, 2.75) is 26.2 Å². The van der Waals surface area contributed by atoms with Gasteiger partial charge in [-0.1, -0.05) is 13.5 Å². The molecule has 0 bridgehead atoms. The number of likely N-dealkylation sites (tertiary alicyclic amines) is 1. The van der Waals surface area contributed by atoms with Crippen molar-refractivity contribution in [3.8, 4) is 0 Å². The Morgan fingerprint density at radius 1 is 1.50 bits per heavy atom. The van der Waals surface area contributed by atoms with Crippen LogP contribution in [0.25, 0.3) is 0 Å². The highest BCUT2D eigenvalue weighted by Gasteiger charge is 2.26. The summed E-state index contributed by atoms with van der Waals surface area (Å²) in [5.41, 5.74) is 0. The zero-order valence-corrected chi connectivity index (χ0v) is 9.69. The lowest BCUT2D eigenvalue weighted by Gasteiger charge is -2.34. The molecule has 90 valence electrons. The van der Waals surface area contributed by atoms with Crippen LogP contribution in [0.3, 0.4) is 0 Å². The molecule has 16 heavy (non-hydrogen) atoms. The lowest BCUT2D eigenvalue weighted by molar-refractivity contribution is -0.139. The minimum Gasteiger partial charge on any atom is -0.481 e. The third-order valence-corrected chi connectivity index (χ3v) is 3.33. The van der Waals surface area contributed by atoms with Crippen LogP contribution in [0, 0.1) is 11.8 Å².